The quantitative estimate of drug-likeness (QED) is 0.294. The lowest BCUT2D eigenvalue weighted by Crippen LogP contribution is -2.49. The molecule has 0 unspecified atom stereocenters. The van der Waals surface area contributed by atoms with E-state index in [1.165, 1.54) is 0 Å². The van der Waals surface area contributed by atoms with Gasteiger partial charge in [-0.25, -0.2) is 0 Å². The highest BCUT2D eigenvalue weighted by atomic mass is 28.4. The van der Waals surface area contributed by atoms with Crippen LogP contribution in [0.3, 0.4) is 0 Å². The summed E-state index contributed by atoms with van der Waals surface area (Å²) in [6.45, 7) is 10.5. The highest BCUT2D eigenvalue weighted by molar-refractivity contribution is 6.53. The molecule has 0 aromatic rings. The Morgan fingerprint density at radius 1 is 0.842 bits per heavy atom. The first-order valence-electron chi connectivity index (χ1n) is 7.41. The second kappa shape index (κ2) is 12.8. The summed E-state index contributed by atoms with van der Waals surface area (Å²) in [7, 11) is -2.92. The lowest BCUT2D eigenvalue weighted by Gasteiger charge is -2.27. The Morgan fingerprint density at radius 2 is 1.42 bits per heavy atom. The molecule has 0 aliphatic carbocycles. The Balaban J connectivity index is 4.31. The van der Waals surface area contributed by atoms with Crippen molar-refractivity contribution in [3.8, 4) is 0 Å². The van der Waals surface area contributed by atoms with Crippen molar-refractivity contribution >= 4 is 9.05 Å². The van der Waals surface area contributed by atoms with Gasteiger partial charge in [-0.2, -0.15) is 0 Å². The first-order valence-corrected chi connectivity index (χ1v) is 9.04. The van der Waals surface area contributed by atoms with Gasteiger partial charge in [-0.15, -0.1) is 0 Å². The summed E-state index contributed by atoms with van der Waals surface area (Å²) < 4.78 is 23.1. The van der Waals surface area contributed by atoms with Gasteiger partial charge >= 0.3 is 9.05 Å². The number of hydrogen-bond donors (Lipinski definition) is 0. The molecule has 0 radical (unpaired) electrons. The topological polar surface area (TPSA) is 36.9 Å². The second-order valence-electron chi connectivity index (χ2n) is 4.19. The zero-order chi connectivity index (χ0) is 14.4. The third-order valence-corrected chi connectivity index (χ3v) is 4.63. The Hall–Kier alpha value is -0.203. The smallest absolute Gasteiger partial charge is 0.351 e. The SMILES string of the molecule is CC=CCCCO[Si](OCC)(OCCC)OCCC. The fourth-order valence-electron chi connectivity index (χ4n) is 1.45. The maximum Gasteiger partial charge on any atom is 0.679 e. The zero-order valence-corrected chi connectivity index (χ0v) is 13.9. The van der Waals surface area contributed by atoms with E-state index in [0.717, 1.165) is 25.7 Å². The molecule has 0 bridgehead atoms. The van der Waals surface area contributed by atoms with Gasteiger partial charge in [-0.3, -0.25) is 0 Å². The molecule has 0 fully saturated rings. The molecule has 4 nitrogen and oxygen atoms in total. The summed E-state index contributed by atoms with van der Waals surface area (Å²) in [5, 5.41) is 0. The Labute approximate surface area is 119 Å². The summed E-state index contributed by atoms with van der Waals surface area (Å²) >= 11 is 0. The summed E-state index contributed by atoms with van der Waals surface area (Å²) in [4.78, 5) is 0. The molecule has 114 valence electrons. The van der Waals surface area contributed by atoms with E-state index in [1.54, 1.807) is 0 Å². The van der Waals surface area contributed by atoms with Crippen LogP contribution in [0, 0.1) is 0 Å². The molecule has 0 amide bonds. The van der Waals surface area contributed by atoms with Crippen LogP contribution < -0.4 is 0 Å². The average molecular weight is 290 g/mol. The van der Waals surface area contributed by atoms with Gasteiger partial charge in [0.25, 0.3) is 0 Å². The Morgan fingerprint density at radius 3 is 1.89 bits per heavy atom. The molecule has 0 N–H and O–H groups in total. The molecule has 0 aliphatic heterocycles. The number of allylic oxidation sites excluding steroid dienone is 2. The fraction of sp³-hybridized carbons (Fsp3) is 0.857. The van der Waals surface area contributed by atoms with Crippen LogP contribution in [0.15, 0.2) is 12.2 Å². The number of rotatable bonds is 13. The van der Waals surface area contributed by atoms with Gasteiger partial charge in [0.15, 0.2) is 0 Å². The van der Waals surface area contributed by atoms with Crippen LogP contribution in [0.5, 0.6) is 0 Å². The molecular weight excluding hydrogens is 260 g/mol. The van der Waals surface area contributed by atoms with Gasteiger partial charge in [0, 0.05) is 26.4 Å². The second-order valence-corrected chi connectivity index (χ2v) is 6.34. The third kappa shape index (κ3) is 9.35. The van der Waals surface area contributed by atoms with E-state index in [2.05, 4.69) is 19.9 Å². The van der Waals surface area contributed by atoms with Crippen LogP contribution in [0.1, 0.15) is 53.4 Å². The zero-order valence-electron chi connectivity index (χ0n) is 12.9. The lowest BCUT2D eigenvalue weighted by molar-refractivity contribution is -0.0326. The van der Waals surface area contributed by atoms with Gasteiger partial charge < -0.3 is 17.7 Å². The predicted octanol–water partition coefficient (Wildman–Crippen LogP) is 3.68. The van der Waals surface area contributed by atoms with Crippen molar-refractivity contribution in [2.75, 3.05) is 26.4 Å². The van der Waals surface area contributed by atoms with Crippen molar-refractivity contribution in [1.29, 1.82) is 0 Å². The van der Waals surface area contributed by atoms with Gasteiger partial charge in [-0.1, -0.05) is 26.0 Å². The highest BCUT2D eigenvalue weighted by Gasteiger charge is 2.45. The Kier molecular flexibility index (Phi) is 12.7. The fourth-order valence-corrected chi connectivity index (χ4v) is 3.60. The number of unbranched alkanes of at least 4 members (excludes halogenated alkanes) is 1. The molecular formula is C14H30O4Si. The molecule has 0 saturated carbocycles. The minimum atomic E-state index is -2.92. The molecule has 0 atom stereocenters. The van der Waals surface area contributed by atoms with Crippen molar-refractivity contribution in [1.82, 2.24) is 0 Å². The molecule has 0 heterocycles. The Bertz CT molecular complexity index is 213. The van der Waals surface area contributed by atoms with E-state index < -0.39 is 9.05 Å². The third-order valence-electron chi connectivity index (χ3n) is 2.32. The van der Waals surface area contributed by atoms with Gasteiger partial charge in [0.05, 0.1) is 0 Å². The molecule has 0 aliphatic rings. The van der Waals surface area contributed by atoms with Crippen molar-refractivity contribution in [2.45, 2.75) is 53.4 Å². The van der Waals surface area contributed by atoms with Crippen LogP contribution in [-0.4, -0.2) is 35.5 Å². The standard InChI is InChI=1S/C14H30O4Si/c1-5-9-10-11-14-18-19(15-8-4,16-12-6-2)17-13-7-3/h5,9H,6-8,10-14H2,1-4H3. The van der Waals surface area contributed by atoms with E-state index in [0.29, 0.717) is 26.4 Å². The molecule has 0 spiro atoms. The van der Waals surface area contributed by atoms with E-state index in [4.69, 9.17) is 17.7 Å². The average Bonchev–Trinajstić information content (AvgIpc) is 2.43. The summed E-state index contributed by atoms with van der Waals surface area (Å²) in [5.74, 6) is 0. The van der Waals surface area contributed by atoms with Gasteiger partial charge in [0.1, 0.15) is 0 Å². The summed E-state index contributed by atoms with van der Waals surface area (Å²) in [6.07, 6.45) is 8.01. The molecule has 0 saturated heterocycles. The maximum atomic E-state index is 5.86. The van der Waals surface area contributed by atoms with E-state index in [9.17, 15) is 0 Å². The van der Waals surface area contributed by atoms with Gasteiger partial charge in [0.2, 0.25) is 0 Å². The summed E-state index contributed by atoms with van der Waals surface area (Å²) in [6, 6.07) is 0. The first kappa shape index (κ1) is 18.8. The largest absolute Gasteiger partial charge is 0.679 e. The summed E-state index contributed by atoms with van der Waals surface area (Å²) in [5.41, 5.74) is 0. The van der Waals surface area contributed by atoms with Crippen molar-refractivity contribution < 1.29 is 17.7 Å². The monoisotopic (exact) mass is 290 g/mol. The van der Waals surface area contributed by atoms with Crippen LogP contribution in [-0.2, 0) is 17.7 Å². The minimum absolute atomic E-state index is 0.550. The van der Waals surface area contributed by atoms with Crippen LogP contribution in [0.2, 0.25) is 0 Å². The molecule has 0 rings (SSSR count). The van der Waals surface area contributed by atoms with E-state index in [1.807, 2.05) is 19.9 Å². The van der Waals surface area contributed by atoms with Gasteiger partial charge in [-0.05, 0) is 39.5 Å². The van der Waals surface area contributed by atoms with Crippen LogP contribution in [0.25, 0.3) is 0 Å². The minimum Gasteiger partial charge on any atom is -0.351 e. The van der Waals surface area contributed by atoms with Crippen molar-refractivity contribution in [3.63, 3.8) is 0 Å². The molecule has 0 aromatic carbocycles. The van der Waals surface area contributed by atoms with Crippen LogP contribution >= 0.6 is 0 Å². The van der Waals surface area contributed by atoms with E-state index in [-0.39, 0.29) is 0 Å². The van der Waals surface area contributed by atoms with Crippen molar-refractivity contribution in [3.05, 3.63) is 12.2 Å². The van der Waals surface area contributed by atoms with Crippen molar-refractivity contribution in [2.24, 2.45) is 0 Å². The highest BCUT2D eigenvalue weighted by Crippen LogP contribution is 2.14. The van der Waals surface area contributed by atoms with E-state index >= 15 is 0 Å². The lowest BCUT2D eigenvalue weighted by atomic mass is 10.3. The van der Waals surface area contributed by atoms with Crippen LogP contribution in [0.4, 0.5) is 0 Å². The maximum absolute atomic E-state index is 5.86. The predicted molar refractivity (Wildman–Crippen MR) is 79.9 cm³/mol. The molecule has 5 heteroatoms. The number of hydrogen-bond acceptors (Lipinski definition) is 4. The molecule has 0 aromatic heterocycles. The molecule has 19 heavy (non-hydrogen) atoms. The first-order chi connectivity index (χ1) is 9.24. The normalized spacial score (nSPS) is 12.4.